The molecular weight excluding hydrogens is 436 g/mol. The van der Waals surface area contributed by atoms with Crippen molar-refractivity contribution in [1.29, 1.82) is 0 Å². The molecule has 0 bridgehead atoms. The Hall–Kier alpha value is -0.430. The molecule has 6 heteroatoms. The number of fused-ring (bicyclic) bond motifs is 5. The third kappa shape index (κ3) is 4.96. The summed E-state index contributed by atoms with van der Waals surface area (Å²) in [7, 11) is -4.42. The highest BCUT2D eigenvalue weighted by Gasteiger charge is 2.59. The Morgan fingerprint density at radius 3 is 2.58 bits per heavy atom. The van der Waals surface area contributed by atoms with Crippen molar-refractivity contribution in [2.75, 3.05) is 0 Å². The Morgan fingerprint density at radius 2 is 1.88 bits per heavy atom. The van der Waals surface area contributed by atoms with Crippen LogP contribution in [0.1, 0.15) is 105 Å². The van der Waals surface area contributed by atoms with E-state index in [0.29, 0.717) is 23.2 Å². The first-order valence-electron chi connectivity index (χ1n) is 13.3. The molecule has 0 saturated heterocycles. The summed E-state index contributed by atoms with van der Waals surface area (Å²) in [5, 5.41) is 10.2. The van der Waals surface area contributed by atoms with Gasteiger partial charge in [0.25, 0.3) is 0 Å². The van der Waals surface area contributed by atoms with Crippen molar-refractivity contribution in [1.82, 2.24) is 0 Å². The van der Waals surface area contributed by atoms with E-state index in [1.165, 1.54) is 32.1 Å². The van der Waals surface area contributed by atoms with Gasteiger partial charge in [-0.1, -0.05) is 45.3 Å². The average Bonchev–Trinajstić information content (AvgIpc) is 3.03. The van der Waals surface area contributed by atoms with E-state index in [1.807, 2.05) is 0 Å². The summed E-state index contributed by atoms with van der Waals surface area (Å²) in [4.78, 5) is 0. The Kier molecular flexibility index (Phi) is 6.92. The van der Waals surface area contributed by atoms with E-state index >= 15 is 0 Å². The molecule has 1 unspecified atom stereocenters. The molecule has 33 heavy (non-hydrogen) atoms. The fraction of sp³-hybridized carbons (Fsp3) is 0.926. The molecule has 0 aliphatic heterocycles. The number of allylic oxidation sites excluding steroid dienone is 1. The zero-order chi connectivity index (χ0) is 24.2. The number of aliphatic hydroxyl groups is 1. The lowest BCUT2D eigenvalue weighted by molar-refractivity contribution is -0.0574. The molecule has 5 nitrogen and oxygen atoms in total. The van der Waals surface area contributed by atoms with Crippen molar-refractivity contribution in [3.63, 3.8) is 0 Å². The van der Waals surface area contributed by atoms with Gasteiger partial charge in [0.05, 0.1) is 11.7 Å². The van der Waals surface area contributed by atoms with E-state index < -0.39 is 16.0 Å². The van der Waals surface area contributed by atoms with Crippen molar-refractivity contribution in [3.05, 3.63) is 11.6 Å². The molecule has 190 valence electrons. The molecule has 0 heterocycles. The van der Waals surface area contributed by atoms with Crippen molar-refractivity contribution in [2.45, 2.75) is 117 Å². The highest BCUT2D eigenvalue weighted by atomic mass is 32.3. The molecule has 4 aliphatic rings. The van der Waals surface area contributed by atoms with Crippen molar-refractivity contribution >= 4 is 10.4 Å². The minimum Gasteiger partial charge on any atom is -0.393 e. The van der Waals surface area contributed by atoms with Gasteiger partial charge in [-0.2, -0.15) is 8.42 Å². The van der Waals surface area contributed by atoms with Crippen LogP contribution in [0.15, 0.2) is 11.6 Å². The quantitative estimate of drug-likeness (QED) is 0.327. The first kappa shape index (κ1) is 25.7. The number of hydrogen-bond donors (Lipinski definition) is 2. The molecule has 0 aromatic heterocycles. The Bertz CT molecular complexity index is 864. The normalized spacial score (nSPS) is 42.2. The van der Waals surface area contributed by atoms with Gasteiger partial charge in [-0.25, -0.2) is 4.18 Å². The second-order valence-corrected chi connectivity index (χ2v) is 14.0. The summed E-state index contributed by atoms with van der Waals surface area (Å²) in [5.41, 5.74) is 1.37. The summed E-state index contributed by atoms with van der Waals surface area (Å²) in [6.45, 7) is 10.9. The maximum Gasteiger partial charge on any atom is 0.397 e. The van der Waals surface area contributed by atoms with Gasteiger partial charge < -0.3 is 5.11 Å². The van der Waals surface area contributed by atoms with Gasteiger partial charge in [-0.15, -0.1) is 0 Å². The van der Waals surface area contributed by atoms with Gasteiger partial charge in [0.1, 0.15) is 0 Å². The van der Waals surface area contributed by atoms with Crippen molar-refractivity contribution in [2.24, 2.45) is 40.4 Å². The van der Waals surface area contributed by atoms with Crippen LogP contribution in [-0.2, 0) is 14.6 Å². The SMILES string of the molecule is C[C@H](CCCC(C)(C)OS(=O)(=O)O)C1CC[C@@H]2[C@@H]3CC=C4C[C@@H](O)CC[C@]4(C)[C@H]3CC[C@]12C. The maximum absolute atomic E-state index is 11.1. The Morgan fingerprint density at radius 1 is 1.15 bits per heavy atom. The first-order chi connectivity index (χ1) is 15.3. The summed E-state index contributed by atoms with van der Waals surface area (Å²) in [5.74, 6) is 3.68. The highest BCUT2D eigenvalue weighted by Crippen LogP contribution is 2.67. The largest absolute Gasteiger partial charge is 0.397 e. The smallest absolute Gasteiger partial charge is 0.393 e. The molecule has 3 saturated carbocycles. The molecule has 2 N–H and O–H groups in total. The topological polar surface area (TPSA) is 83.8 Å². The van der Waals surface area contributed by atoms with Gasteiger partial charge >= 0.3 is 10.4 Å². The molecule has 8 atom stereocenters. The van der Waals surface area contributed by atoms with Gasteiger partial charge in [-0.05, 0) is 112 Å². The van der Waals surface area contributed by atoms with Crippen molar-refractivity contribution < 1.29 is 22.3 Å². The minimum absolute atomic E-state index is 0.140. The average molecular weight is 483 g/mol. The zero-order valence-corrected chi connectivity index (χ0v) is 22.2. The predicted molar refractivity (Wildman–Crippen MR) is 131 cm³/mol. The lowest BCUT2D eigenvalue weighted by Crippen LogP contribution is -2.50. The summed E-state index contributed by atoms with van der Waals surface area (Å²) in [6.07, 6.45) is 14.4. The molecule has 3 fully saturated rings. The van der Waals surface area contributed by atoms with Crippen LogP contribution in [0.25, 0.3) is 0 Å². The van der Waals surface area contributed by atoms with Gasteiger partial charge in [0.15, 0.2) is 0 Å². The number of hydrogen-bond acceptors (Lipinski definition) is 4. The summed E-state index contributed by atoms with van der Waals surface area (Å²) < 4.78 is 36.1. The van der Waals surface area contributed by atoms with Crippen molar-refractivity contribution in [3.8, 4) is 0 Å². The number of rotatable bonds is 7. The second-order valence-electron chi connectivity index (χ2n) is 13.0. The van der Waals surface area contributed by atoms with E-state index in [-0.39, 0.29) is 6.10 Å². The van der Waals surface area contributed by atoms with E-state index in [4.69, 9.17) is 8.74 Å². The molecule has 4 aliphatic carbocycles. The molecule has 0 amide bonds. The number of aliphatic hydroxyl groups excluding tert-OH is 1. The summed E-state index contributed by atoms with van der Waals surface area (Å²) >= 11 is 0. The maximum atomic E-state index is 11.1. The molecule has 4 rings (SSSR count). The first-order valence-corrected chi connectivity index (χ1v) is 14.7. The zero-order valence-electron chi connectivity index (χ0n) is 21.3. The van der Waals surface area contributed by atoms with E-state index in [1.54, 1.807) is 19.4 Å². The minimum atomic E-state index is -4.42. The lowest BCUT2D eigenvalue weighted by Gasteiger charge is -2.58. The van der Waals surface area contributed by atoms with Crippen LogP contribution in [0.2, 0.25) is 0 Å². The van der Waals surface area contributed by atoms with Gasteiger partial charge in [0.2, 0.25) is 0 Å². The lowest BCUT2D eigenvalue weighted by atomic mass is 9.47. The predicted octanol–water partition coefficient (Wildman–Crippen LogP) is 6.33. The van der Waals surface area contributed by atoms with Gasteiger partial charge in [0, 0.05) is 0 Å². The Labute approximate surface area is 201 Å². The highest BCUT2D eigenvalue weighted by molar-refractivity contribution is 7.80. The van der Waals surface area contributed by atoms with E-state index in [0.717, 1.165) is 55.8 Å². The third-order valence-corrected chi connectivity index (χ3v) is 11.3. The van der Waals surface area contributed by atoms with Crippen LogP contribution in [0, 0.1) is 40.4 Å². The van der Waals surface area contributed by atoms with Crippen LogP contribution in [-0.4, -0.2) is 29.8 Å². The van der Waals surface area contributed by atoms with Crippen LogP contribution < -0.4 is 0 Å². The van der Waals surface area contributed by atoms with Crippen LogP contribution in [0.5, 0.6) is 0 Å². The van der Waals surface area contributed by atoms with Crippen LogP contribution in [0.3, 0.4) is 0 Å². The summed E-state index contributed by atoms with van der Waals surface area (Å²) in [6, 6.07) is 0. The third-order valence-electron chi connectivity index (χ3n) is 10.6. The van der Waals surface area contributed by atoms with Gasteiger partial charge in [-0.3, -0.25) is 4.55 Å². The van der Waals surface area contributed by atoms with E-state index in [2.05, 4.69) is 26.8 Å². The van der Waals surface area contributed by atoms with E-state index in [9.17, 15) is 13.5 Å². The van der Waals surface area contributed by atoms with Crippen LogP contribution >= 0.6 is 0 Å². The molecule has 0 aromatic carbocycles. The fourth-order valence-electron chi connectivity index (χ4n) is 8.99. The second kappa shape index (κ2) is 8.90. The standard InChI is InChI=1S/C27H46O5S/c1-18(7-6-14-25(2,3)32-33(29,30)31)22-10-11-23-21-9-8-19-17-20(28)12-15-26(19,4)24(21)13-16-27(22,23)5/h8,18,20-24,28H,6-7,9-17H2,1-5H3,(H,29,30,31)/t18-,20+,21+,22?,23-,24+,26+,27-/m1/s1. The Balaban J connectivity index is 1.40. The van der Waals surface area contributed by atoms with Crippen LogP contribution in [0.4, 0.5) is 0 Å². The fourth-order valence-corrected chi connectivity index (χ4v) is 9.65. The molecular formula is C27H46O5S. The monoisotopic (exact) mass is 482 g/mol. The molecule has 0 spiro atoms. The molecule has 0 radical (unpaired) electrons. The molecule has 0 aromatic rings.